The van der Waals surface area contributed by atoms with Gasteiger partial charge in [-0.3, -0.25) is 9.59 Å². The maximum atomic E-state index is 10.7. The van der Waals surface area contributed by atoms with Crippen LogP contribution in [0, 0.1) is 0 Å². The zero-order valence-electron chi connectivity index (χ0n) is 8.25. The third kappa shape index (κ3) is 3.28. The van der Waals surface area contributed by atoms with Crippen LogP contribution >= 0.6 is 11.3 Å². The van der Waals surface area contributed by atoms with E-state index in [9.17, 15) is 9.59 Å². The van der Waals surface area contributed by atoms with E-state index in [0.717, 1.165) is 0 Å². The number of oxime groups is 1. The summed E-state index contributed by atoms with van der Waals surface area (Å²) in [5.74, 6) is 0. The first-order valence-electron chi connectivity index (χ1n) is 4.24. The van der Waals surface area contributed by atoms with Gasteiger partial charge in [-0.1, -0.05) is 17.8 Å². The van der Waals surface area contributed by atoms with Gasteiger partial charge in [0.25, 0.3) is 0 Å². The Bertz CT molecular complexity index is 414. The summed E-state index contributed by atoms with van der Waals surface area (Å²) in [4.78, 5) is 29.6. The number of nitrogens with zero attached hydrogens (tertiary/aromatic N) is 2. The van der Waals surface area contributed by atoms with E-state index in [2.05, 4.69) is 22.0 Å². The van der Waals surface area contributed by atoms with Crippen LogP contribution in [0.5, 0.6) is 0 Å². The SMILES string of the molecule is C=CCO/N=C(\C=O)c1csc(NC=O)n1. The first-order valence-corrected chi connectivity index (χ1v) is 5.12. The molecule has 0 aromatic carbocycles. The van der Waals surface area contributed by atoms with Crippen LogP contribution in [0.2, 0.25) is 0 Å². The number of hydrogen-bond acceptors (Lipinski definition) is 6. The summed E-state index contributed by atoms with van der Waals surface area (Å²) in [5, 5.41) is 7.94. The number of rotatable bonds is 7. The molecule has 0 aliphatic heterocycles. The molecule has 1 amide bonds. The van der Waals surface area contributed by atoms with E-state index in [-0.39, 0.29) is 12.3 Å². The van der Waals surface area contributed by atoms with Crippen molar-refractivity contribution in [3.63, 3.8) is 0 Å². The minimum absolute atomic E-state index is 0.0667. The second kappa shape index (κ2) is 6.46. The molecule has 0 aliphatic carbocycles. The average molecular weight is 239 g/mol. The summed E-state index contributed by atoms with van der Waals surface area (Å²) < 4.78 is 0. The van der Waals surface area contributed by atoms with Gasteiger partial charge < -0.3 is 10.2 Å². The third-order valence-corrected chi connectivity index (χ3v) is 2.19. The molecule has 0 atom stereocenters. The molecule has 16 heavy (non-hydrogen) atoms. The van der Waals surface area contributed by atoms with Crippen LogP contribution in [0.15, 0.2) is 23.2 Å². The smallest absolute Gasteiger partial charge is 0.213 e. The Hall–Kier alpha value is -2.02. The topological polar surface area (TPSA) is 80.6 Å². The Kier molecular flexibility index (Phi) is 4.87. The van der Waals surface area contributed by atoms with E-state index in [0.29, 0.717) is 23.5 Å². The molecule has 0 radical (unpaired) electrons. The molecular formula is C9H9N3O3S. The zero-order valence-corrected chi connectivity index (χ0v) is 9.07. The van der Waals surface area contributed by atoms with Crippen LogP contribution in [0.25, 0.3) is 0 Å². The number of hydrogen-bond donors (Lipinski definition) is 1. The number of carbonyl (C=O) groups is 2. The summed E-state index contributed by atoms with van der Waals surface area (Å²) in [6, 6.07) is 0. The van der Waals surface area contributed by atoms with Crippen molar-refractivity contribution in [3.8, 4) is 0 Å². The molecule has 0 fully saturated rings. The maximum Gasteiger partial charge on any atom is 0.213 e. The molecule has 0 unspecified atom stereocenters. The standard InChI is InChI=1S/C9H9N3O3S/c1-2-3-15-12-7(4-13)8-5-16-9(11-8)10-6-14/h2,4-6H,1,3H2,(H,10,11,14)/b12-7+. The largest absolute Gasteiger partial charge is 0.391 e. The number of thiazole rings is 1. The zero-order chi connectivity index (χ0) is 11.8. The predicted octanol–water partition coefficient (Wildman–Crippen LogP) is 0.817. The summed E-state index contributed by atoms with van der Waals surface area (Å²) in [7, 11) is 0. The van der Waals surface area contributed by atoms with Crippen molar-refractivity contribution in [3.05, 3.63) is 23.7 Å². The number of aromatic nitrogens is 1. The predicted molar refractivity (Wildman–Crippen MR) is 60.6 cm³/mol. The normalized spacial score (nSPS) is 10.6. The monoisotopic (exact) mass is 239 g/mol. The van der Waals surface area contributed by atoms with Crippen molar-refractivity contribution in [2.24, 2.45) is 5.16 Å². The fraction of sp³-hybridized carbons (Fsp3) is 0.111. The van der Waals surface area contributed by atoms with E-state index in [1.165, 1.54) is 17.4 Å². The number of nitrogens with one attached hydrogen (secondary N) is 1. The van der Waals surface area contributed by atoms with Gasteiger partial charge in [0.2, 0.25) is 6.41 Å². The minimum atomic E-state index is 0.0667. The summed E-state index contributed by atoms with van der Waals surface area (Å²) in [6.45, 7) is 3.65. The molecule has 0 aliphatic rings. The molecule has 1 heterocycles. The lowest BCUT2D eigenvalue weighted by atomic mass is 10.3. The van der Waals surface area contributed by atoms with Gasteiger partial charge in [-0.15, -0.1) is 11.3 Å². The van der Waals surface area contributed by atoms with Crippen LogP contribution in [0.3, 0.4) is 0 Å². The van der Waals surface area contributed by atoms with E-state index < -0.39 is 0 Å². The fourth-order valence-corrected chi connectivity index (χ4v) is 1.46. The quantitative estimate of drug-likeness (QED) is 0.251. The Balaban J connectivity index is 2.77. The molecule has 6 nitrogen and oxygen atoms in total. The number of aldehydes is 1. The van der Waals surface area contributed by atoms with Crippen molar-refractivity contribution in [2.45, 2.75) is 0 Å². The third-order valence-electron chi connectivity index (χ3n) is 1.42. The van der Waals surface area contributed by atoms with Gasteiger partial charge in [0.1, 0.15) is 12.3 Å². The van der Waals surface area contributed by atoms with Gasteiger partial charge in [0, 0.05) is 5.38 Å². The van der Waals surface area contributed by atoms with Crippen molar-refractivity contribution >= 4 is 34.9 Å². The van der Waals surface area contributed by atoms with E-state index in [1.54, 1.807) is 5.38 Å². The van der Waals surface area contributed by atoms with Gasteiger partial charge in [-0.05, 0) is 0 Å². The summed E-state index contributed by atoms with van der Waals surface area (Å²) in [5.41, 5.74) is 0.422. The van der Waals surface area contributed by atoms with Gasteiger partial charge in [-0.25, -0.2) is 4.98 Å². The molecule has 1 N–H and O–H groups in total. The van der Waals surface area contributed by atoms with Crippen LogP contribution in [-0.4, -0.2) is 30.0 Å². The highest BCUT2D eigenvalue weighted by Gasteiger charge is 2.08. The maximum absolute atomic E-state index is 10.7. The first-order chi connectivity index (χ1) is 7.81. The van der Waals surface area contributed by atoms with Crippen molar-refractivity contribution in [1.29, 1.82) is 0 Å². The molecular weight excluding hydrogens is 230 g/mol. The Morgan fingerprint density at radius 1 is 1.69 bits per heavy atom. The van der Waals surface area contributed by atoms with Crippen LogP contribution in [0.1, 0.15) is 5.69 Å². The lowest BCUT2D eigenvalue weighted by molar-refractivity contribution is -0.105. The van der Waals surface area contributed by atoms with Gasteiger partial charge >= 0.3 is 0 Å². The highest BCUT2D eigenvalue weighted by Crippen LogP contribution is 2.14. The van der Waals surface area contributed by atoms with Crippen LogP contribution < -0.4 is 5.32 Å². The van der Waals surface area contributed by atoms with Gasteiger partial charge in [0.05, 0.1) is 0 Å². The number of anilines is 1. The molecule has 0 bridgehead atoms. The number of carbonyl (C=O) groups excluding carboxylic acids is 2. The van der Waals surface area contributed by atoms with E-state index in [4.69, 9.17) is 4.84 Å². The van der Waals surface area contributed by atoms with Gasteiger partial charge in [0.15, 0.2) is 17.1 Å². The lowest BCUT2D eigenvalue weighted by Crippen LogP contribution is -2.04. The van der Waals surface area contributed by atoms with E-state index in [1.807, 2.05) is 0 Å². The minimum Gasteiger partial charge on any atom is -0.391 e. The van der Waals surface area contributed by atoms with Crippen LogP contribution in [-0.2, 0) is 14.4 Å². The number of amides is 1. The highest BCUT2D eigenvalue weighted by atomic mass is 32.1. The van der Waals surface area contributed by atoms with Crippen LogP contribution in [0.4, 0.5) is 5.13 Å². The summed E-state index contributed by atoms with van der Waals surface area (Å²) in [6.07, 6.45) is 2.55. The van der Waals surface area contributed by atoms with Gasteiger partial charge in [-0.2, -0.15) is 0 Å². The molecule has 1 aromatic rings. The lowest BCUT2D eigenvalue weighted by Gasteiger charge is -1.94. The molecule has 1 aromatic heterocycles. The molecule has 0 saturated carbocycles. The molecule has 0 saturated heterocycles. The Morgan fingerprint density at radius 2 is 2.50 bits per heavy atom. The highest BCUT2D eigenvalue weighted by molar-refractivity contribution is 7.14. The molecule has 0 spiro atoms. The molecule has 84 valence electrons. The molecule has 1 rings (SSSR count). The average Bonchev–Trinajstić information content (AvgIpc) is 2.74. The van der Waals surface area contributed by atoms with Crippen molar-refractivity contribution < 1.29 is 14.4 Å². The van der Waals surface area contributed by atoms with Crippen molar-refractivity contribution in [2.75, 3.05) is 11.9 Å². The first kappa shape index (κ1) is 12.1. The fourth-order valence-electron chi connectivity index (χ4n) is 0.796. The Morgan fingerprint density at radius 3 is 3.12 bits per heavy atom. The second-order valence-electron chi connectivity index (χ2n) is 2.48. The van der Waals surface area contributed by atoms with E-state index >= 15 is 0 Å². The Labute approximate surface area is 95.6 Å². The summed E-state index contributed by atoms with van der Waals surface area (Å²) >= 11 is 1.19. The van der Waals surface area contributed by atoms with Crippen molar-refractivity contribution in [1.82, 2.24) is 4.98 Å². The second-order valence-corrected chi connectivity index (χ2v) is 3.34. The molecule has 7 heteroatoms.